The summed E-state index contributed by atoms with van der Waals surface area (Å²) in [6.45, 7) is 1.23. The first kappa shape index (κ1) is 15.8. The summed E-state index contributed by atoms with van der Waals surface area (Å²) in [5.41, 5.74) is 9.90. The molecule has 0 spiro atoms. The predicted octanol–water partition coefficient (Wildman–Crippen LogP) is 2.29. The lowest BCUT2D eigenvalue weighted by molar-refractivity contribution is 0.232. The fourth-order valence-corrected chi connectivity index (χ4v) is 2.95. The van der Waals surface area contributed by atoms with Gasteiger partial charge in [0.25, 0.3) is 0 Å². The third-order valence-corrected chi connectivity index (χ3v) is 4.08. The van der Waals surface area contributed by atoms with Gasteiger partial charge in [-0.25, -0.2) is 4.98 Å². The molecule has 2 aromatic rings. The highest BCUT2D eigenvalue weighted by Crippen LogP contribution is 2.36. The van der Waals surface area contributed by atoms with E-state index in [2.05, 4.69) is 9.88 Å². The first-order valence-corrected chi connectivity index (χ1v) is 7.63. The van der Waals surface area contributed by atoms with Crippen LogP contribution in [0.25, 0.3) is 0 Å². The molecule has 0 saturated heterocycles. The van der Waals surface area contributed by atoms with E-state index >= 15 is 0 Å². The van der Waals surface area contributed by atoms with Crippen LogP contribution in [0.4, 0.5) is 0 Å². The van der Waals surface area contributed by atoms with Crippen molar-refractivity contribution < 1.29 is 9.47 Å². The van der Waals surface area contributed by atoms with Crippen molar-refractivity contribution in [1.82, 2.24) is 9.88 Å². The number of likely N-dealkylation sites (N-methyl/N-ethyl adjacent to an activating group) is 1. The fourth-order valence-electron chi connectivity index (χ4n) is 2.40. The zero-order chi connectivity index (χ0) is 15.2. The molecule has 1 unspecified atom stereocenters. The second-order valence-corrected chi connectivity index (χ2v) is 5.45. The molecule has 0 aliphatic carbocycles. The van der Waals surface area contributed by atoms with Crippen LogP contribution in [-0.2, 0) is 6.54 Å². The predicted molar refractivity (Wildman–Crippen MR) is 84.9 cm³/mol. The average Bonchev–Trinajstić information content (AvgIpc) is 3.00. The molecule has 0 fully saturated rings. The topological polar surface area (TPSA) is 60.6 Å². The number of benzene rings is 1. The Morgan fingerprint density at radius 1 is 1.33 bits per heavy atom. The second kappa shape index (κ2) is 7.40. The Morgan fingerprint density at radius 2 is 2.14 bits per heavy atom. The number of hydrogen-bond donors (Lipinski definition) is 1. The van der Waals surface area contributed by atoms with Crippen LogP contribution in [0.3, 0.4) is 0 Å². The lowest BCUT2D eigenvalue weighted by Crippen LogP contribution is -2.30. The first-order valence-electron chi connectivity index (χ1n) is 6.69. The van der Waals surface area contributed by atoms with Crippen LogP contribution in [0.5, 0.6) is 11.5 Å². The fraction of sp³-hybridized carbons (Fsp3) is 0.400. The van der Waals surface area contributed by atoms with E-state index in [4.69, 9.17) is 15.2 Å². The molecule has 1 heterocycles. The van der Waals surface area contributed by atoms with E-state index < -0.39 is 0 Å². The highest BCUT2D eigenvalue weighted by atomic mass is 32.1. The summed E-state index contributed by atoms with van der Waals surface area (Å²) < 4.78 is 10.9. The molecular formula is C15H21N3O2S. The van der Waals surface area contributed by atoms with Gasteiger partial charge in [0.2, 0.25) is 0 Å². The minimum absolute atomic E-state index is 0.0387. The number of para-hydroxylation sites is 1. The largest absolute Gasteiger partial charge is 0.493 e. The quantitative estimate of drug-likeness (QED) is 0.850. The number of rotatable bonds is 7. The van der Waals surface area contributed by atoms with Crippen molar-refractivity contribution in [3.05, 3.63) is 40.3 Å². The minimum Gasteiger partial charge on any atom is -0.493 e. The molecule has 21 heavy (non-hydrogen) atoms. The Hall–Kier alpha value is -1.63. The molecule has 2 rings (SSSR count). The molecule has 1 aromatic carbocycles. The average molecular weight is 307 g/mol. The Bertz CT molecular complexity index is 560. The molecule has 5 nitrogen and oxygen atoms in total. The zero-order valence-electron chi connectivity index (χ0n) is 12.6. The van der Waals surface area contributed by atoms with E-state index in [0.29, 0.717) is 6.54 Å². The lowest BCUT2D eigenvalue weighted by atomic mass is 10.0. The molecule has 0 saturated carbocycles. The van der Waals surface area contributed by atoms with Crippen LogP contribution >= 0.6 is 11.3 Å². The molecule has 0 radical (unpaired) electrons. The van der Waals surface area contributed by atoms with Crippen molar-refractivity contribution in [3.63, 3.8) is 0 Å². The molecule has 0 aliphatic rings. The van der Waals surface area contributed by atoms with Crippen LogP contribution in [0, 0.1) is 0 Å². The maximum Gasteiger partial charge on any atom is 0.165 e. The van der Waals surface area contributed by atoms with Gasteiger partial charge in [0, 0.05) is 24.0 Å². The monoisotopic (exact) mass is 307 g/mol. The van der Waals surface area contributed by atoms with Crippen molar-refractivity contribution in [2.24, 2.45) is 5.73 Å². The number of hydrogen-bond acceptors (Lipinski definition) is 6. The van der Waals surface area contributed by atoms with Crippen molar-refractivity contribution in [1.29, 1.82) is 0 Å². The molecule has 2 N–H and O–H groups in total. The second-order valence-electron chi connectivity index (χ2n) is 4.73. The first-order chi connectivity index (χ1) is 10.2. The zero-order valence-corrected chi connectivity index (χ0v) is 13.4. The van der Waals surface area contributed by atoms with Crippen molar-refractivity contribution in [2.75, 3.05) is 27.8 Å². The molecule has 0 amide bonds. The summed E-state index contributed by atoms with van der Waals surface area (Å²) >= 11 is 1.60. The van der Waals surface area contributed by atoms with Crippen LogP contribution in [-0.4, -0.2) is 37.7 Å². The third kappa shape index (κ3) is 3.53. The van der Waals surface area contributed by atoms with E-state index in [1.807, 2.05) is 36.1 Å². The number of aromatic nitrogens is 1. The lowest BCUT2D eigenvalue weighted by Gasteiger charge is -2.28. The molecule has 1 atom stereocenters. The van der Waals surface area contributed by atoms with E-state index in [1.54, 1.807) is 25.6 Å². The van der Waals surface area contributed by atoms with Crippen molar-refractivity contribution in [2.45, 2.75) is 12.6 Å². The SMILES string of the molecule is COc1cccc(C(CN)N(C)Cc2cscn2)c1OC. The van der Waals surface area contributed by atoms with Gasteiger partial charge in [-0.3, -0.25) is 4.90 Å². The Morgan fingerprint density at radius 3 is 2.71 bits per heavy atom. The number of thiazole rings is 1. The maximum atomic E-state index is 5.99. The number of methoxy groups -OCH3 is 2. The maximum absolute atomic E-state index is 5.99. The normalized spacial score (nSPS) is 12.4. The van der Waals surface area contributed by atoms with E-state index in [9.17, 15) is 0 Å². The molecule has 6 heteroatoms. The smallest absolute Gasteiger partial charge is 0.165 e. The van der Waals surface area contributed by atoms with Gasteiger partial charge in [-0.1, -0.05) is 12.1 Å². The molecular weight excluding hydrogens is 286 g/mol. The van der Waals surface area contributed by atoms with E-state index in [1.165, 1.54) is 0 Å². The van der Waals surface area contributed by atoms with Crippen LogP contribution in [0.2, 0.25) is 0 Å². The van der Waals surface area contributed by atoms with Gasteiger partial charge < -0.3 is 15.2 Å². The van der Waals surface area contributed by atoms with Gasteiger partial charge in [-0.2, -0.15) is 0 Å². The van der Waals surface area contributed by atoms with Gasteiger partial charge in [-0.05, 0) is 13.1 Å². The summed E-state index contributed by atoms with van der Waals surface area (Å²) in [7, 11) is 5.32. The highest BCUT2D eigenvalue weighted by molar-refractivity contribution is 7.07. The summed E-state index contributed by atoms with van der Waals surface area (Å²) in [4.78, 5) is 6.50. The van der Waals surface area contributed by atoms with Crippen LogP contribution < -0.4 is 15.2 Å². The minimum atomic E-state index is 0.0387. The Balaban J connectivity index is 2.28. The van der Waals surface area contributed by atoms with Gasteiger partial charge in [0.05, 0.1) is 31.5 Å². The van der Waals surface area contributed by atoms with E-state index in [0.717, 1.165) is 29.3 Å². The summed E-state index contributed by atoms with van der Waals surface area (Å²) in [5.74, 6) is 1.45. The number of nitrogens with two attached hydrogens (primary N) is 1. The highest BCUT2D eigenvalue weighted by Gasteiger charge is 2.22. The Kier molecular flexibility index (Phi) is 5.55. The Labute approximate surface area is 129 Å². The molecule has 114 valence electrons. The summed E-state index contributed by atoms with van der Waals surface area (Å²) in [6, 6.07) is 5.90. The van der Waals surface area contributed by atoms with Gasteiger partial charge >= 0.3 is 0 Å². The van der Waals surface area contributed by atoms with Gasteiger partial charge in [0.1, 0.15) is 0 Å². The molecule has 0 aliphatic heterocycles. The van der Waals surface area contributed by atoms with Crippen molar-refractivity contribution in [3.8, 4) is 11.5 Å². The number of ether oxygens (including phenoxy) is 2. The van der Waals surface area contributed by atoms with Crippen molar-refractivity contribution >= 4 is 11.3 Å². The van der Waals surface area contributed by atoms with Crippen LogP contribution in [0.1, 0.15) is 17.3 Å². The standard InChI is InChI=1S/C15H21N3O2S/c1-18(8-11-9-21-10-17-11)13(7-16)12-5-4-6-14(19-2)15(12)20-3/h4-6,9-10,13H,7-8,16H2,1-3H3. The van der Waals surface area contributed by atoms with E-state index in [-0.39, 0.29) is 6.04 Å². The summed E-state index contributed by atoms with van der Waals surface area (Å²) in [5, 5.41) is 2.05. The number of nitrogens with zero attached hydrogens (tertiary/aromatic N) is 2. The molecule has 0 bridgehead atoms. The van der Waals surface area contributed by atoms with Gasteiger partial charge in [-0.15, -0.1) is 11.3 Å². The van der Waals surface area contributed by atoms with Gasteiger partial charge in [0.15, 0.2) is 11.5 Å². The summed E-state index contributed by atoms with van der Waals surface area (Å²) in [6.07, 6.45) is 0. The molecule has 1 aromatic heterocycles. The van der Waals surface area contributed by atoms with Crippen LogP contribution in [0.15, 0.2) is 29.1 Å². The third-order valence-electron chi connectivity index (χ3n) is 3.44.